The predicted octanol–water partition coefficient (Wildman–Crippen LogP) is 3.35. The summed E-state index contributed by atoms with van der Waals surface area (Å²) >= 11 is 0. The third-order valence-electron chi connectivity index (χ3n) is 6.80. The molecule has 0 aromatic heterocycles. The van der Waals surface area contributed by atoms with Gasteiger partial charge in [-0.2, -0.15) is 0 Å². The van der Waals surface area contributed by atoms with Crippen LogP contribution in [-0.4, -0.2) is 19.3 Å². The van der Waals surface area contributed by atoms with E-state index in [9.17, 15) is 0 Å². The third kappa shape index (κ3) is 2.25. The van der Waals surface area contributed by atoms with Gasteiger partial charge in [0.1, 0.15) is 0 Å². The van der Waals surface area contributed by atoms with E-state index in [0.717, 1.165) is 36.9 Å². The molecule has 2 nitrogen and oxygen atoms in total. The Hall–Kier alpha value is -0.0800. The average molecular weight is 263 g/mol. The van der Waals surface area contributed by atoms with Gasteiger partial charge in [-0.25, -0.2) is 0 Å². The van der Waals surface area contributed by atoms with Crippen LogP contribution in [0.1, 0.15) is 57.8 Å². The largest absolute Gasteiger partial charge is 0.381 e. The minimum atomic E-state index is 0.476. The summed E-state index contributed by atoms with van der Waals surface area (Å²) in [5.41, 5.74) is 7.31. The van der Waals surface area contributed by atoms with Crippen molar-refractivity contribution in [1.29, 1.82) is 0 Å². The van der Waals surface area contributed by atoms with Crippen LogP contribution < -0.4 is 5.73 Å². The summed E-state index contributed by atoms with van der Waals surface area (Å²) in [6.07, 6.45) is 12.8. The first-order valence-corrected chi connectivity index (χ1v) is 8.57. The predicted molar refractivity (Wildman–Crippen MR) is 76.7 cm³/mol. The number of rotatable bonds is 3. The second-order valence-corrected chi connectivity index (χ2v) is 8.18. The van der Waals surface area contributed by atoms with Crippen molar-refractivity contribution < 1.29 is 4.74 Å². The van der Waals surface area contributed by atoms with Gasteiger partial charge in [0.2, 0.25) is 0 Å². The average Bonchev–Trinajstić information content (AvgIpc) is 2.38. The highest BCUT2D eigenvalue weighted by Crippen LogP contribution is 2.61. The summed E-state index contributed by atoms with van der Waals surface area (Å²) in [6, 6.07) is 0.476. The highest BCUT2D eigenvalue weighted by atomic mass is 16.5. The van der Waals surface area contributed by atoms with E-state index >= 15 is 0 Å². The third-order valence-corrected chi connectivity index (χ3v) is 6.80. The fraction of sp³-hybridized carbons (Fsp3) is 1.00. The Kier molecular flexibility index (Phi) is 3.15. The van der Waals surface area contributed by atoms with Crippen LogP contribution in [0.4, 0.5) is 0 Å². The molecule has 1 saturated heterocycles. The van der Waals surface area contributed by atoms with Gasteiger partial charge in [0.05, 0.1) is 0 Å². The Morgan fingerprint density at radius 1 is 0.947 bits per heavy atom. The molecule has 4 saturated carbocycles. The van der Waals surface area contributed by atoms with E-state index in [0.29, 0.717) is 11.5 Å². The molecule has 0 aromatic rings. The molecule has 4 aliphatic carbocycles. The van der Waals surface area contributed by atoms with Gasteiger partial charge in [-0.15, -0.1) is 0 Å². The van der Waals surface area contributed by atoms with Crippen molar-refractivity contribution in [2.75, 3.05) is 13.2 Å². The molecule has 5 rings (SSSR count). The molecule has 1 heterocycles. The fourth-order valence-corrected chi connectivity index (χ4v) is 6.22. The summed E-state index contributed by atoms with van der Waals surface area (Å²) in [5.74, 6) is 3.95. The fourth-order valence-electron chi connectivity index (χ4n) is 6.22. The zero-order chi connectivity index (χ0) is 12.9. The zero-order valence-corrected chi connectivity index (χ0v) is 12.2. The lowest BCUT2D eigenvalue weighted by molar-refractivity contribution is -0.0728. The summed E-state index contributed by atoms with van der Waals surface area (Å²) < 4.78 is 5.49. The van der Waals surface area contributed by atoms with Crippen LogP contribution in [0.25, 0.3) is 0 Å². The molecule has 108 valence electrons. The Morgan fingerprint density at radius 3 is 2.00 bits per heavy atom. The van der Waals surface area contributed by atoms with Gasteiger partial charge in [0, 0.05) is 19.3 Å². The van der Waals surface area contributed by atoms with Gasteiger partial charge in [0.25, 0.3) is 0 Å². The van der Waals surface area contributed by atoms with Crippen molar-refractivity contribution in [3.05, 3.63) is 0 Å². The van der Waals surface area contributed by atoms with E-state index < -0.39 is 0 Å². The van der Waals surface area contributed by atoms with E-state index in [1.807, 2.05) is 0 Å². The number of nitrogens with two attached hydrogens (primary N) is 1. The van der Waals surface area contributed by atoms with E-state index in [2.05, 4.69) is 0 Å². The molecule has 1 atom stereocenters. The van der Waals surface area contributed by atoms with Crippen molar-refractivity contribution in [1.82, 2.24) is 0 Å². The first-order chi connectivity index (χ1) is 9.23. The van der Waals surface area contributed by atoms with E-state index in [-0.39, 0.29) is 0 Å². The van der Waals surface area contributed by atoms with Crippen LogP contribution in [0.2, 0.25) is 0 Å². The quantitative estimate of drug-likeness (QED) is 0.847. The van der Waals surface area contributed by atoms with Crippen LogP contribution in [0.15, 0.2) is 0 Å². The Labute approximate surface area is 117 Å². The highest BCUT2D eigenvalue weighted by molar-refractivity contribution is 5.05. The maximum atomic E-state index is 6.76. The summed E-state index contributed by atoms with van der Waals surface area (Å²) in [7, 11) is 0. The number of ether oxygens (including phenoxy) is 1. The van der Waals surface area contributed by atoms with Gasteiger partial charge >= 0.3 is 0 Å². The summed E-state index contributed by atoms with van der Waals surface area (Å²) in [4.78, 5) is 0. The molecule has 1 unspecified atom stereocenters. The molecule has 0 amide bonds. The lowest BCUT2D eigenvalue weighted by atomic mass is 9.47. The number of hydrogen-bond donors (Lipinski definition) is 1. The molecular weight excluding hydrogens is 234 g/mol. The first kappa shape index (κ1) is 12.6. The highest BCUT2D eigenvalue weighted by Gasteiger charge is 2.53. The molecule has 2 N–H and O–H groups in total. The van der Waals surface area contributed by atoms with Crippen molar-refractivity contribution in [2.24, 2.45) is 34.8 Å². The smallest absolute Gasteiger partial charge is 0.0468 e. The maximum Gasteiger partial charge on any atom is 0.0468 e. The van der Waals surface area contributed by atoms with Crippen molar-refractivity contribution in [2.45, 2.75) is 63.8 Å². The van der Waals surface area contributed by atoms with Crippen molar-refractivity contribution >= 4 is 0 Å². The van der Waals surface area contributed by atoms with Crippen LogP contribution >= 0.6 is 0 Å². The first-order valence-electron chi connectivity index (χ1n) is 8.57. The van der Waals surface area contributed by atoms with Crippen LogP contribution in [0.5, 0.6) is 0 Å². The molecule has 0 spiro atoms. The summed E-state index contributed by atoms with van der Waals surface area (Å²) in [6.45, 7) is 1.94. The van der Waals surface area contributed by atoms with Gasteiger partial charge < -0.3 is 10.5 Å². The molecule has 1 aliphatic heterocycles. The Bertz CT molecular complexity index is 299. The second kappa shape index (κ2) is 4.73. The minimum Gasteiger partial charge on any atom is -0.381 e. The molecule has 19 heavy (non-hydrogen) atoms. The lowest BCUT2D eigenvalue weighted by Gasteiger charge is -2.59. The maximum absolute atomic E-state index is 6.76. The van der Waals surface area contributed by atoms with Crippen molar-refractivity contribution in [3.63, 3.8) is 0 Å². The lowest BCUT2D eigenvalue weighted by Crippen LogP contribution is -2.55. The van der Waals surface area contributed by atoms with Gasteiger partial charge in [-0.05, 0) is 86.9 Å². The summed E-state index contributed by atoms with van der Waals surface area (Å²) in [5, 5.41) is 0. The molecule has 5 aliphatic rings. The van der Waals surface area contributed by atoms with E-state index in [1.54, 1.807) is 0 Å². The number of hydrogen-bond acceptors (Lipinski definition) is 2. The molecule has 2 heteroatoms. The van der Waals surface area contributed by atoms with Crippen LogP contribution in [-0.2, 0) is 4.74 Å². The van der Waals surface area contributed by atoms with E-state index in [4.69, 9.17) is 10.5 Å². The minimum absolute atomic E-state index is 0.476. The topological polar surface area (TPSA) is 35.2 Å². The van der Waals surface area contributed by atoms with Gasteiger partial charge in [-0.1, -0.05) is 0 Å². The Balaban J connectivity index is 1.45. The zero-order valence-electron chi connectivity index (χ0n) is 12.2. The SMILES string of the molecule is NC(CC1CCOCC1)C12CC3CC(CC(C3)C1)C2. The van der Waals surface area contributed by atoms with Crippen LogP contribution in [0.3, 0.4) is 0 Å². The van der Waals surface area contributed by atoms with Gasteiger partial charge in [-0.3, -0.25) is 0 Å². The molecule has 0 aromatic carbocycles. The molecule has 4 bridgehead atoms. The van der Waals surface area contributed by atoms with Crippen molar-refractivity contribution in [3.8, 4) is 0 Å². The standard InChI is InChI=1S/C17H29NO/c18-16(8-12-1-3-19-4-2-12)17-9-13-5-14(10-17)7-15(6-13)11-17/h12-16H,1-11,18H2. The Morgan fingerprint density at radius 2 is 1.47 bits per heavy atom. The molecular formula is C17H29NO. The normalized spacial score (nSPS) is 47.5. The second-order valence-electron chi connectivity index (χ2n) is 8.18. The van der Waals surface area contributed by atoms with Crippen LogP contribution in [0, 0.1) is 29.1 Å². The molecule has 0 radical (unpaired) electrons. The molecule has 5 fully saturated rings. The monoisotopic (exact) mass is 263 g/mol. The van der Waals surface area contributed by atoms with Gasteiger partial charge in [0.15, 0.2) is 0 Å². The van der Waals surface area contributed by atoms with E-state index in [1.165, 1.54) is 57.8 Å².